The van der Waals surface area contributed by atoms with Gasteiger partial charge in [-0.05, 0) is 59.0 Å². The summed E-state index contributed by atoms with van der Waals surface area (Å²) in [7, 11) is 0. The normalized spacial score (nSPS) is 12.0. The van der Waals surface area contributed by atoms with Crippen molar-refractivity contribution in [3.8, 4) is 5.75 Å². The molecule has 0 fully saturated rings. The number of para-hydroxylation sites is 1. The lowest BCUT2D eigenvalue weighted by Crippen LogP contribution is -2.06. The summed E-state index contributed by atoms with van der Waals surface area (Å²) in [5.74, 6) is -0.00989. The Hall–Kier alpha value is -4.45. The minimum atomic E-state index is -0.495. The van der Waals surface area contributed by atoms with Gasteiger partial charge in [-0.3, -0.25) is 5.10 Å². The first kappa shape index (κ1) is 20.5. The number of ether oxygens (including phenoxy) is 1. The molecule has 0 bridgehead atoms. The maximum absolute atomic E-state index is 12.1. The number of H-pyrrole nitrogens is 1. The van der Waals surface area contributed by atoms with E-state index >= 15 is 0 Å². The van der Waals surface area contributed by atoms with E-state index in [0.29, 0.717) is 5.75 Å². The standard InChI is InChI=1S/C27H22N4O2/c1-3-21(19-10-12-25-28-13-14-31(25)17-19)27(18-9-11-23-20(15-18)16-29-30-23)22-7-5-6-8-24(22)33-26(32)4-2/h4-17H,2-3H2,1H3,(H,29,30)/b27-21+. The van der Waals surface area contributed by atoms with Crippen molar-refractivity contribution in [1.29, 1.82) is 0 Å². The highest BCUT2D eigenvalue weighted by Crippen LogP contribution is 2.39. The van der Waals surface area contributed by atoms with Crippen LogP contribution in [0.5, 0.6) is 5.75 Å². The van der Waals surface area contributed by atoms with Crippen molar-refractivity contribution in [2.45, 2.75) is 13.3 Å². The van der Waals surface area contributed by atoms with Crippen molar-refractivity contribution in [2.24, 2.45) is 0 Å². The molecule has 2 aromatic carbocycles. The molecule has 1 N–H and O–H groups in total. The molecule has 0 spiro atoms. The van der Waals surface area contributed by atoms with Gasteiger partial charge < -0.3 is 9.14 Å². The van der Waals surface area contributed by atoms with E-state index in [0.717, 1.165) is 50.8 Å². The molecule has 162 valence electrons. The number of nitrogens with one attached hydrogen (secondary N) is 1. The average Bonchev–Trinajstić information content (AvgIpc) is 3.51. The van der Waals surface area contributed by atoms with E-state index < -0.39 is 5.97 Å². The Kier molecular flexibility index (Phi) is 5.32. The summed E-state index contributed by atoms with van der Waals surface area (Å²) in [6, 6.07) is 17.9. The Balaban J connectivity index is 1.80. The number of fused-ring (bicyclic) bond motifs is 2. The fraction of sp³-hybridized carbons (Fsp3) is 0.0741. The first-order chi connectivity index (χ1) is 16.2. The van der Waals surface area contributed by atoms with Crippen molar-refractivity contribution >= 4 is 33.7 Å². The molecule has 3 aromatic heterocycles. The van der Waals surface area contributed by atoms with Gasteiger partial charge >= 0.3 is 5.97 Å². The smallest absolute Gasteiger partial charge is 0.335 e. The van der Waals surface area contributed by atoms with Gasteiger partial charge in [0.25, 0.3) is 0 Å². The molecule has 0 amide bonds. The molecule has 0 aliphatic rings. The van der Waals surface area contributed by atoms with Gasteiger partial charge in [0, 0.05) is 35.6 Å². The monoisotopic (exact) mass is 434 g/mol. The Morgan fingerprint density at radius 2 is 2.00 bits per heavy atom. The van der Waals surface area contributed by atoms with E-state index in [4.69, 9.17) is 4.74 Å². The van der Waals surface area contributed by atoms with Gasteiger partial charge in [-0.25, -0.2) is 9.78 Å². The molecule has 33 heavy (non-hydrogen) atoms. The third-order valence-corrected chi connectivity index (χ3v) is 5.66. The van der Waals surface area contributed by atoms with Crippen molar-refractivity contribution < 1.29 is 9.53 Å². The molecule has 6 heteroatoms. The number of rotatable bonds is 6. The van der Waals surface area contributed by atoms with Gasteiger partial charge in [0.05, 0.1) is 11.7 Å². The molecular weight excluding hydrogens is 412 g/mol. The topological polar surface area (TPSA) is 72.3 Å². The largest absolute Gasteiger partial charge is 0.423 e. The van der Waals surface area contributed by atoms with Crippen LogP contribution in [0, 0.1) is 0 Å². The number of carbonyl (C=O) groups is 1. The predicted molar refractivity (Wildman–Crippen MR) is 130 cm³/mol. The van der Waals surface area contributed by atoms with Gasteiger partial charge in [-0.2, -0.15) is 5.10 Å². The van der Waals surface area contributed by atoms with Gasteiger partial charge in [-0.15, -0.1) is 0 Å². The lowest BCUT2D eigenvalue weighted by atomic mass is 9.88. The van der Waals surface area contributed by atoms with E-state index in [1.54, 1.807) is 12.3 Å². The number of nitrogens with zero attached hydrogens (tertiary/aromatic N) is 3. The minimum absolute atomic E-state index is 0.486. The molecule has 5 rings (SSSR count). The molecule has 6 nitrogen and oxygen atoms in total. The third kappa shape index (κ3) is 3.83. The summed E-state index contributed by atoms with van der Waals surface area (Å²) in [6.45, 7) is 5.66. The molecule has 3 heterocycles. The van der Waals surface area contributed by atoms with Crippen LogP contribution >= 0.6 is 0 Å². The van der Waals surface area contributed by atoms with Crippen molar-refractivity contribution in [1.82, 2.24) is 19.6 Å². The SMILES string of the molecule is C=CC(=O)Oc1ccccc1/C(=C(\CC)c1ccc2nccn2c1)c1ccc2[nH]ncc2c1. The van der Waals surface area contributed by atoms with Crippen molar-refractivity contribution in [3.63, 3.8) is 0 Å². The van der Waals surface area contributed by atoms with Crippen LogP contribution in [-0.2, 0) is 4.79 Å². The molecule has 0 aliphatic heterocycles. The second kappa shape index (κ2) is 8.59. The van der Waals surface area contributed by atoms with Crippen molar-refractivity contribution in [3.05, 3.63) is 109 Å². The van der Waals surface area contributed by atoms with E-state index in [1.807, 2.05) is 47.1 Å². The number of pyridine rings is 1. The number of aromatic nitrogens is 4. The lowest BCUT2D eigenvalue weighted by molar-refractivity contribution is -0.128. The summed E-state index contributed by atoms with van der Waals surface area (Å²) in [5.41, 5.74) is 6.86. The lowest BCUT2D eigenvalue weighted by Gasteiger charge is -2.19. The van der Waals surface area contributed by atoms with Gasteiger partial charge in [0.1, 0.15) is 11.4 Å². The minimum Gasteiger partial charge on any atom is -0.423 e. The number of benzene rings is 2. The fourth-order valence-electron chi connectivity index (χ4n) is 4.13. The predicted octanol–water partition coefficient (Wildman–Crippen LogP) is 5.67. The first-order valence-corrected chi connectivity index (χ1v) is 10.7. The quantitative estimate of drug-likeness (QED) is 0.212. The summed E-state index contributed by atoms with van der Waals surface area (Å²) in [5, 5.41) is 8.17. The molecule has 0 unspecified atom stereocenters. The number of carbonyl (C=O) groups excluding carboxylic acids is 1. The number of hydrogen-bond acceptors (Lipinski definition) is 4. The molecule has 0 radical (unpaired) electrons. The summed E-state index contributed by atoms with van der Waals surface area (Å²) < 4.78 is 7.64. The van der Waals surface area contributed by atoms with E-state index in [1.165, 1.54) is 6.08 Å². The maximum Gasteiger partial charge on any atom is 0.335 e. The van der Waals surface area contributed by atoms with Gasteiger partial charge in [-0.1, -0.05) is 37.8 Å². The van der Waals surface area contributed by atoms with Crippen LogP contribution in [0.3, 0.4) is 0 Å². The van der Waals surface area contributed by atoms with E-state index in [-0.39, 0.29) is 0 Å². The summed E-state index contributed by atoms with van der Waals surface area (Å²) in [6.07, 6.45) is 9.54. The van der Waals surface area contributed by atoms with E-state index in [2.05, 4.69) is 53.1 Å². The third-order valence-electron chi connectivity index (χ3n) is 5.66. The maximum atomic E-state index is 12.1. The Bertz CT molecular complexity index is 1520. The van der Waals surface area contributed by atoms with Crippen LogP contribution in [0.15, 0.2) is 92.0 Å². The number of allylic oxidation sites excluding steroid dienone is 1. The number of imidazole rings is 1. The zero-order valence-electron chi connectivity index (χ0n) is 18.2. The molecule has 0 saturated heterocycles. The summed E-state index contributed by atoms with van der Waals surface area (Å²) >= 11 is 0. The molecule has 0 aliphatic carbocycles. The Labute approximate surface area is 190 Å². The first-order valence-electron chi connectivity index (χ1n) is 10.7. The van der Waals surface area contributed by atoms with Crippen molar-refractivity contribution in [2.75, 3.05) is 0 Å². The molecule has 5 aromatic rings. The highest BCUT2D eigenvalue weighted by atomic mass is 16.5. The van der Waals surface area contributed by atoms with Gasteiger partial charge in [0.15, 0.2) is 0 Å². The van der Waals surface area contributed by atoms with Crippen LogP contribution in [-0.4, -0.2) is 25.6 Å². The molecule has 0 saturated carbocycles. The highest BCUT2D eigenvalue weighted by Gasteiger charge is 2.19. The van der Waals surface area contributed by atoms with Crippen LogP contribution in [0.25, 0.3) is 27.7 Å². The second-order valence-corrected chi connectivity index (χ2v) is 7.61. The van der Waals surface area contributed by atoms with Crippen LogP contribution in [0.1, 0.15) is 30.0 Å². The van der Waals surface area contributed by atoms with Crippen LogP contribution < -0.4 is 4.74 Å². The zero-order chi connectivity index (χ0) is 22.8. The average molecular weight is 434 g/mol. The number of esters is 1. The highest BCUT2D eigenvalue weighted by molar-refractivity contribution is 6.02. The fourth-order valence-corrected chi connectivity index (χ4v) is 4.13. The summed E-state index contributed by atoms with van der Waals surface area (Å²) in [4.78, 5) is 16.4. The van der Waals surface area contributed by atoms with E-state index in [9.17, 15) is 4.79 Å². The Morgan fingerprint density at radius 1 is 1.15 bits per heavy atom. The van der Waals surface area contributed by atoms with Crippen LogP contribution in [0.2, 0.25) is 0 Å². The molecule has 0 atom stereocenters. The molecular formula is C27H22N4O2. The number of aromatic amines is 1. The second-order valence-electron chi connectivity index (χ2n) is 7.61. The van der Waals surface area contributed by atoms with Crippen LogP contribution in [0.4, 0.5) is 0 Å². The zero-order valence-corrected chi connectivity index (χ0v) is 18.2. The van der Waals surface area contributed by atoms with Gasteiger partial charge in [0.2, 0.25) is 0 Å². The Morgan fingerprint density at radius 3 is 2.85 bits per heavy atom. The number of hydrogen-bond donors (Lipinski definition) is 1.